The Morgan fingerprint density at radius 2 is 1.90 bits per heavy atom. The van der Waals surface area contributed by atoms with E-state index in [1.54, 1.807) is 0 Å². The number of aliphatic imine (C=N–C) groups is 1. The lowest BCUT2D eigenvalue weighted by Crippen LogP contribution is -2.22. The number of unbranched alkanes of at least 4 members (excludes halogenated alkanes) is 2. The van der Waals surface area contributed by atoms with E-state index in [9.17, 15) is 0 Å². The van der Waals surface area contributed by atoms with Gasteiger partial charge in [-0.2, -0.15) is 0 Å². The van der Waals surface area contributed by atoms with E-state index in [2.05, 4.69) is 4.99 Å². The SMILES string of the molecule is NC(N)=NCCCCCO. The largest absolute Gasteiger partial charge is 0.396 e. The highest BCUT2D eigenvalue weighted by Crippen LogP contribution is 1.93. The van der Waals surface area contributed by atoms with Crippen molar-refractivity contribution in [2.45, 2.75) is 19.3 Å². The van der Waals surface area contributed by atoms with E-state index in [-0.39, 0.29) is 12.6 Å². The molecule has 0 aromatic rings. The van der Waals surface area contributed by atoms with Crippen molar-refractivity contribution in [1.82, 2.24) is 0 Å². The van der Waals surface area contributed by atoms with Crippen LogP contribution in [0.3, 0.4) is 0 Å². The van der Waals surface area contributed by atoms with Crippen molar-refractivity contribution in [3.63, 3.8) is 0 Å². The average molecular weight is 145 g/mol. The zero-order valence-corrected chi connectivity index (χ0v) is 6.08. The summed E-state index contributed by atoms with van der Waals surface area (Å²) in [5.41, 5.74) is 10.2. The number of rotatable bonds is 5. The summed E-state index contributed by atoms with van der Waals surface area (Å²) in [6, 6.07) is 0. The van der Waals surface area contributed by atoms with Gasteiger partial charge in [-0.05, 0) is 19.3 Å². The fourth-order valence-corrected chi connectivity index (χ4v) is 0.609. The summed E-state index contributed by atoms with van der Waals surface area (Å²) >= 11 is 0. The van der Waals surface area contributed by atoms with Gasteiger partial charge >= 0.3 is 0 Å². The highest BCUT2D eigenvalue weighted by atomic mass is 16.2. The second kappa shape index (κ2) is 6.35. The first kappa shape index (κ1) is 9.23. The minimum Gasteiger partial charge on any atom is -0.396 e. The zero-order chi connectivity index (χ0) is 7.82. The van der Waals surface area contributed by atoms with E-state index < -0.39 is 0 Å². The summed E-state index contributed by atoms with van der Waals surface area (Å²) in [4.78, 5) is 3.79. The predicted molar refractivity (Wildman–Crippen MR) is 41.6 cm³/mol. The van der Waals surface area contributed by atoms with Crippen LogP contribution in [-0.4, -0.2) is 24.2 Å². The van der Waals surface area contributed by atoms with Gasteiger partial charge in [-0.3, -0.25) is 4.99 Å². The van der Waals surface area contributed by atoms with Crippen LogP contribution in [0, 0.1) is 0 Å². The van der Waals surface area contributed by atoms with Crippen LogP contribution in [0.5, 0.6) is 0 Å². The molecule has 5 N–H and O–H groups in total. The fourth-order valence-electron chi connectivity index (χ4n) is 0.609. The van der Waals surface area contributed by atoms with E-state index in [0.717, 1.165) is 19.3 Å². The van der Waals surface area contributed by atoms with Gasteiger partial charge in [0, 0.05) is 13.2 Å². The van der Waals surface area contributed by atoms with Gasteiger partial charge < -0.3 is 16.6 Å². The molecular weight excluding hydrogens is 130 g/mol. The highest BCUT2D eigenvalue weighted by molar-refractivity contribution is 5.75. The van der Waals surface area contributed by atoms with Crippen molar-refractivity contribution in [2.24, 2.45) is 16.5 Å². The Morgan fingerprint density at radius 1 is 1.20 bits per heavy atom. The van der Waals surface area contributed by atoms with E-state index in [4.69, 9.17) is 16.6 Å². The molecule has 0 unspecified atom stereocenters. The number of nitrogens with zero attached hydrogens (tertiary/aromatic N) is 1. The lowest BCUT2D eigenvalue weighted by molar-refractivity contribution is 0.283. The Bertz CT molecular complexity index is 99.2. The quantitative estimate of drug-likeness (QED) is 0.275. The smallest absolute Gasteiger partial charge is 0.185 e. The first-order valence-electron chi connectivity index (χ1n) is 3.43. The number of nitrogens with two attached hydrogens (primary N) is 2. The van der Waals surface area contributed by atoms with E-state index >= 15 is 0 Å². The molecule has 0 amide bonds. The first-order valence-corrected chi connectivity index (χ1v) is 3.43. The summed E-state index contributed by atoms with van der Waals surface area (Å²) < 4.78 is 0. The lowest BCUT2D eigenvalue weighted by atomic mass is 10.2. The molecule has 0 aliphatic rings. The van der Waals surface area contributed by atoms with Crippen molar-refractivity contribution in [3.05, 3.63) is 0 Å². The van der Waals surface area contributed by atoms with Crippen molar-refractivity contribution >= 4 is 5.96 Å². The molecule has 10 heavy (non-hydrogen) atoms. The van der Waals surface area contributed by atoms with Gasteiger partial charge in [0.15, 0.2) is 5.96 Å². The summed E-state index contributed by atoms with van der Waals surface area (Å²) in [6.07, 6.45) is 2.76. The molecule has 0 saturated carbocycles. The van der Waals surface area contributed by atoms with Gasteiger partial charge in [0.05, 0.1) is 0 Å². The molecule has 4 nitrogen and oxygen atoms in total. The minimum absolute atomic E-state index is 0.143. The second-order valence-electron chi connectivity index (χ2n) is 2.09. The molecule has 0 bridgehead atoms. The average Bonchev–Trinajstić information content (AvgIpc) is 1.87. The molecule has 0 aliphatic heterocycles. The van der Waals surface area contributed by atoms with Crippen molar-refractivity contribution in [3.8, 4) is 0 Å². The minimum atomic E-state index is 0.143. The highest BCUT2D eigenvalue weighted by Gasteiger charge is 1.85. The van der Waals surface area contributed by atoms with Crippen LogP contribution in [0.2, 0.25) is 0 Å². The number of aliphatic hydroxyl groups is 1. The van der Waals surface area contributed by atoms with E-state index in [1.807, 2.05) is 0 Å². The molecule has 0 radical (unpaired) electrons. The maximum absolute atomic E-state index is 8.39. The summed E-state index contributed by atoms with van der Waals surface area (Å²) in [5, 5.41) is 8.39. The van der Waals surface area contributed by atoms with Gasteiger partial charge in [-0.1, -0.05) is 0 Å². The Hall–Kier alpha value is -0.770. The number of hydrogen-bond acceptors (Lipinski definition) is 2. The Balaban J connectivity index is 2.98. The van der Waals surface area contributed by atoms with Gasteiger partial charge in [0.2, 0.25) is 0 Å². The zero-order valence-electron chi connectivity index (χ0n) is 6.08. The molecule has 0 fully saturated rings. The molecule has 0 aromatic carbocycles. The standard InChI is InChI=1S/C6H15N3O/c7-6(8)9-4-2-1-3-5-10/h10H,1-5H2,(H4,7,8,9). The third-order valence-electron chi connectivity index (χ3n) is 1.11. The van der Waals surface area contributed by atoms with Crippen LogP contribution in [0.4, 0.5) is 0 Å². The molecule has 0 saturated heterocycles. The molecule has 0 spiro atoms. The van der Waals surface area contributed by atoms with Crippen LogP contribution in [0.15, 0.2) is 4.99 Å². The number of guanidine groups is 1. The van der Waals surface area contributed by atoms with Gasteiger partial charge in [-0.15, -0.1) is 0 Å². The Morgan fingerprint density at radius 3 is 2.40 bits per heavy atom. The maximum atomic E-state index is 8.39. The van der Waals surface area contributed by atoms with Gasteiger partial charge in [0.1, 0.15) is 0 Å². The van der Waals surface area contributed by atoms with Crippen LogP contribution >= 0.6 is 0 Å². The maximum Gasteiger partial charge on any atom is 0.185 e. The van der Waals surface area contributed by atoms with Crippen LogP contribution in [0.1, 0.15) is 19.3 Å². The van der Waals surface area contributed by atoms with Crippen molar-refractivity contribution in [2.75, 3.05) is 13.2 Å². The Labute approximate surface area is 60.9 Å². The van der Waals surface area contributed by atoms with Crippen molar-refractivity contribution in [1.29, 1.82) is 0 Å². The van der Waals surface area contributed by atoms with Crippen LogP contribution in [-0.2, 0) is 0 Å². The molecule has 0 aromatic heterocycles. The number of hydrogen-bond donors (Lipinski definition) is 3. The summed E-state index contributed by atoms with van der Waals surface area (Å²) in [7, 11) is 0. The predicted octanol–water partition coefficient (Wildman–Crippen LogP) is -0.578. The molecule has 0 aliphatic carbocycles. The summed E-state index contributed by atoms with van der Waals surface area (Å²) in [5.74, 6) is 0.143. The summed E-state index contributed by atoms with van der Waals surface area (Å²) in [6.45, 7) is 0.921. The topological polar surface area (TPSA) is 84.6 Å². The second-order valence-corrected chi connectivity index (χ2v) is 2.09. The molecule has 60 valence electrons. The van der Waals surface area contributed by atoms with Crippen LogP contribution < -0.4 is 11.5 Å². The monoisotopic (exact) mass is 145 g/mol. The normalized spacial score (nSPS) is 9.30. The van der Waals surface area contributed by atoms with Gasteiger partial charge in [0.25, 0.3) is 0 Å². The molecule has 4 heteroatoms. The van der Waals surface area contributed by atoms with Crippen LogP contribution in [0.25, 0.3) is 0 Å². The Kier molecular flexibility index (Phi) is 5.86. The molecule has 0 atom stereocenters. The van der Waals surface area contributed by atoms with Gasteiger partial charge in [-0.25, -0.2) is 0 Å². The van der Waals surface area contributed by atoms with E-state index in [1.165, 1.54) is 0 Å². The first-order chi connectivity index (χ1) is 4.77. The fraction of sp³-hybridized carbons (Fsp3) is 0.833. The molecule has 0 heterocycles. The number of aliphatic hydroxyl groups excluding tert-OH is 1. The van der Waals surface area contributed by atoms with E-state index in [0.29, 0.717) is 6.54 Å². The third-order valence-corrected chi connectivity index (χ3v) is 1.11. The third kappa shape index (κ3) is 7.23. The lowest BCUT2D eigenvalue weighted by Gasteiger charge is -1.94. The molecule has 0 rings (SSSR count). The van der Waals surface area contributed by atoms with Crippen molar-refractivity contribution < 1.29 is 5.11 Å². The molecular formula is C6H15N3O.